The molecule has 1 N–H and O–H groups in total. The summed E-state index contributed by atoms with van der Waals surface area (Å²) in [6, 6.07) is 7.82. The Balaban J connectivity index is 1.95. The van der Waals surface area contributed by atoms with E-state index in [-0.39, 0.29) is 12.3 Å². The van der Waals surface area contributed by atoms with E-state index in [9.17, 15) is 14.7 Å². The van der Waals surface area contributed by atoms with E-state index in [1.54, 1.807) is 0 Å². The van der Waals surface area contributed by atoms with Gasteiger partial charge in [0.1, 0.15) is 5.78 Å². The van der Waals surface area contributed by atoms with Gasteiger partial charge in [0.15, 0.2) is 0 Å². The number of aryl methyl sites for hydroxylation is 1. The monoisotopic (exact) mass is 448 g/mol. The van der Waals surface area contributed by atoms with E-state index in [4.69, 9.17) is 11.6 Å². The molecular weight excluding hydrogens is 412 g/mol. The van der Waals surface area contributed by atoms with Gasteiger partial charge in [-0.05, 0) is 67.6 Å². The van der Waals surface area contributed by atoms with Crippen LogP contribution >= 0.6 is 11.6 Å². The van der Waals surface area contributed by atoms with E-state index in [0.717, 1.165) is 37.1 Å². The van der Waals surface area contributed by atoms with Gasteiger partial charge in [0.05, 0.1) is 14.5 Å². The Bertz CT molecular complexity index is 749. The molecule has 1 fully saturated rings. The number of aliphatic carboxylic acids is 1. The second-order valence-corrected chi connectivity index (χ2v) is 15.5. The first-order chi connectivity index (χ1) is 14.0. The van der Waals surface area contributed by atoms with Crippen LogP contribution in [0.3, 0.4) is 0 Å². The first-order valence-electron chi connectivity index (χ1n) is 11.3. The number of carboxylic acids is 1. The van der Waals surface area contributed by atoms with Crippen LogP contribution in [-0.2, 0) is 16.0 Å². The van der Waals surface area contributed by atoms with Gasteiger partial charge in [0.25, 0.3) is 0 Å². The van der Waals surface area contributed by atoms with Crippen LogP contribution in [-0.4, -0.2) is 24.9 Å². The van der Waals surface area contributed by atoms with E-state index in [0.29, 0.717) is 30.5 Å². The molecule has 30 heavy (non-hydrogen) atoms. The topological polar surface area (TPSA) is 54.4 Å². The van der Waals surface area contributed by atoms with E-state index < -0.39 is 14.0 Å². The molecule has 1 saturated carbocycles. The molecule has 0 aliphatic heterocycles. The van der Waals surface area contributed by atoms with Gasteiger partial charge in [-0.15, -0.1) is 0 Å². The lowest BCUT2D eigenvalue weighted by atomic mass is 9.69. The van der Waals surface area contributed by atoms with Crippen molar-refractivity contribution in [2.45, 2.75) is 77.9 Å². The average Bonchev–Trinajstić information content (AvgIpc) is 2.64. The van der Waals surface area contributed by atoms with Crippen molar-refractivity contribution in [1.82, 2.24) is 0 Å². The molecule has 0 bridgehead atoms. The molecular formula is C25H37ClO3Si. The maximum absolute atomic E-state index is 12.6. The molecule has 1 aliphatic rings. The Kier molecular flexibility index (Phi) is 9.36. The summed E-state index contributed by atoms with van der Waals surface area (Å²) in [6.45, 7) is 9.17. The van der Waals surface area contributed by atoms with E-state index in [1.807, 2.05) is 24.3 Å². The molecule has 1 aromatic rings. The fourth-order valence-corrected chi connectivity index (χ4v) is 6.23. The molecule has 5 heteroatoms. The number of halogens is 1. The van der Waals surface area contributed by atoms with Crippen molar-refractivity contribution >= 4 is 31.4 Å². The van der Waals surface area contributed by atoms with Gasteiger partial charge in [-0.1, -0.05) is 61.6 Å². The number of Topliss-reactive ketones (excluding diaryl/α,β-unsaturated/α-hetero) is 1. The van der Waals surface area contributed by atoms with Crippen LogP contribution in [0.25, 0.3) is 0 Å². The lowest BCUT2D eigenvalue weighted by Gasteiger charge is -2.38. The number of allylic oxidation sites excluding steroid dienone is 1. The summed E-state index contributed by atoms with van der Waals surface area (Å²) in [5.41, 5.74) is 4.97. The number of carbonyl (C=O) groups is 2. The molecule has 166 valence electrons. The van der Waals surface area contributed by atoms with Crippen LogP contribution in [0.15, 0.2) is 35.5 Å². The van der Waals surface area contributed by atoms with Crippen molar-refractivity contribution in [3.63, 3.8) is 0 Å². The molecule has 0 radical (unpaired) electrons. The quantitative estimate of drug-likeness (QED) is 0.394. The second kappa shape index (κ2) is 11.3. The van der Waals surface area contributed by atoms with E-state index in [2.05, 4.69) is 32.3 Å². The predicted molar refractivity (Wildman–Crippen MR) is 128 cm³/mol. The third-order valence-corrected chi connectivity index (χ3v) is 7.60. The summed E-state index contributed by atoms with van der Waals surface area (Å²) >= 11 is 5.92. The minimum atomic E-state index is -1.48. The molecule has 1 aliphatic carbocycles. The average molecular weight is 449 g/mol. The normalized spacial score (nSPS) is 23.5. The van der Waals surface area contributed by atoms with Crippen LogP contribution in [0.4, 0.5) is 0 Å². The van der Waals surface area contributed by atoms with Crippen molar-refractivity contribution < 1.29 is 14.7 Å². The van der Waals surface area contributed by atoms with Crippen LogP contribution in [0.1, 0.15) is 57.4 Å². The standard InChI is InChI=1S/C25H37ClO3Si/c1-18-8-11-20(16-25(28)29)24(17-30(2,3)4)23(18)15-14-22(27)7-5-6-19-9-12-21(26)13-10-19/h9-10,12-13,17-18,20,23H,5-8,11,14-16H2,1-4H3,(H,28,29)/b24-17-/t18-,20+,23+/m1/s1. The lowest BCUT2D eigenvalue weighted by Crippen LogP contribution is -2.31. The predicted octanol–water partition coefficient (Wildman–Crippen LogP) is 6.95. The summed E-state index contributed by atoms with van der Waals surface area (Å²) in [5.74, 6) is 0.599. The Morgan fingerprint density at radius 2 is 1.80 bits per heavy atom. The Labute approximate surface area is 187 Å². The fraction of sp³-hybridized carbons (Fsp3) is 0.600. The molecule has 3 nitrogen and oxygen atoms in total. The zero-order valence-corrected chi connectivity index (χ0v) is 20.7. The number of ketones is 1. The van der Waals surface area contributed by atoms with Gasteiger partial charge < -0.3 is 5.11 Å². The van der Waals surface area contributed by atoms with Gasteiger partial charge in [0.2, 0.25) is 0 Å². The van der Waals surface area contributed by atoms with Gasteiger partial charge in [0, 0.05) is 17.9 Å². The molecule has 0 amide bonds. The SMILES string of the molecule is C[C@@H]1CC[C@@H](CC(=O)O)/C(=C/[Si](C)(C)C)[C@H]1CCC(=O)CCCc1ccc(Cl)cc1. The second-order valence-electron chi connectivity index (χ2n) is 10.0. The van der Waals surface area contributed by atoms with Crippen molar-refractivity contribution in [2.24, 2.45) is 17.8 Å². The first-order valence-corrected chi connectivity index (χ1v) is 15.2. The zero-order valence-electron chi connectivity index (χ0n) is 18.9. The van der Waals surface area contributed by atoms with Crippen molar-refractivity contribution in [2.75, 3.05) is 0 Å². The Hall–Kier alpha value is -1.39. The van der Waals surface area contributed by atoms with Gasteiger partial charge in [-0.2, -0.15) is 0 Å². The molecule has 2 rings (SSSR count). The highest BCUT2D eigenvalue weighted by atomic mass is 35.5. The van der Waals surface area contributed by atoms with Gasteiger partial charge >= 0.3 is 5.97 Å². The molecule has 0 aromatic heterocycles. The van der Waals surface area contributed by atoms with Crippen molar-refractivity contribution in [3.8, 4) is 0 Å². The highest BCUT2D eigenvalue weighted by molar-refractivity contribution is 6.81. The zero-order chi connectivity index (χ0) is 22.3. The fourth-order valence-electron chi connectivity index (χ4n) is 4.65. The number of rotatable bonds is 10. The van der Waals surface area contributed by atoms with Crippen LogP contribution in [0, 0.1) is 17.8 Å². The van der Waals surface area contributed by atoms with Gasteiger partial charge in [-0.3, -0.25) is 9.59 Å². The van der Waals surface area contributed by atoms with Crippen molar-refractivity contribution in [3.05, 3.63) is 46.1 Å². The number of hydrogen-bond acceptors (Lipinski definition) is 2. The minimum Gasteiger partial charge on any atom is -0.481 e. The Morgan fingerprint density at radius 1 is 1.13 bits per heavy atom. The van der Waals surface area contributed by atoms with Crippen LogP contribution in [0.5, 0.6) is 0 Å². The first kappa shape index (κ1) is 24.9. The summed E-state index contributed by atoms with van der Waals surface area (Å²) in [4.78, 5) is 24.0. The maximum Gasteiger partial charge on any atom is 0.303 e. The van der Waals surface area contributed by atoms with Crippen molar-refractivity contribution in [1.29, 1.82) is 0 Å². The van der Waals surface area contributed by atoms with Crippen LogP contribution in [0.2, 0.25) is 24.7 Å². The minimum absolute atomic E-state index is 0.135. The largest absolute Gasteiger partial charge is 0.481 e. The number of hydrogen-bond donors (Lipinski definition) is 1. The third-order valence-electron chi connectivity index (χ3n) is 6.15. The number of carboxylic acid groups (broad SMARTS) is 1. The van der Waals surface area contributed by atoms with E-state index in [1.165, 1.54) is 11.1 Å². The maximum atomic E-state index is 12.6. The molecule has 3 atom stereocenters. The molecule has 0 heterocycles. The molecule has 1 aromatic carbocycles. The lowest BCUT2D eigenvalue weighted by molar-refractivity contribution is -0.138. The molecule has 0 unspecified atom stereocenters. The smallest absolute Gasteiger partial charge is 0.303 e. The summed E-state index contributed by atoms with van der Waals surface area (Å²) < 4.78 is 0. The highest BCUT2D eigenvalue weighted by Crippen LogP contribution is 2.43. The summed E-state index contributed by atoms with van der Waals surface area (Å²) in [7, 11) is -1.48. The Morgan fingerprint density at radius 3 is 2.40 bits per heavy atom. The number of benzene rings is 1. The summed E-state index contributed by atoms with van der Waals surface area (Å²) in [5, 5.41) is 10.1. The third kappa shape index (κ3) is 8.39. The highest BCUT2D eigenvalue weighted by Gasteiger charge is 2.34. The summed E-state index contributed by atoms with van der Waals surface area (Å²) in [6.07, 6.45) is 6.03. The van der Waals surface area contributed by atoms with Gasteiger partial charge in [-0.25, -0.2) is 0 Å². The molecule has 0 spiro atoms. The number of carbonyl (C=O) groups excluding carboxylic acids is 1. The molecule has 0 saturated heterocycles. The van der Waals surface area contributed by atoms with Crippen LogP contribution < -0.4 is 0 Å². The van der Waals surface area contributed by atoms with E-state index >= 15 is 0 Å².